The van der Waals surface area contributed by atoms with Crippen LogP contribution in [0, 0.1) is 0 Å². The van der Waals surface area contributed by atoms with Gasteiger partial charge in [0.15, 0.2) is 0 Å². The van der Waals surface area contributed by atoms with E-state index >= 15 is 0 Å². The second-order valence-electron chi connectivity index (χ2n) is 7.66. The fourth-order valence-electron chi connectivity index (χ4n) is 3.47. The van der Waals surface area contributed by atoms with E-state index in [0.717, 1.165) is 52.7 Å². The predicted molar refractivity (Wildman–Crippen MR) is 129 cm³/mol. The number of amidine groups is 1. The lowest BCUT2D eigenvalue weighted by atomic mass is 10.1. The average molecular weight is 434 g/mol. The lowest BCUT2D eigenvalue weighted by molar-refractivity contribution is 0.384. The summed E-state index contributed by atoms with van der Waals surface area (Å²) < 4.78 is 7.58. The highest BCUT2D eigenvalue weighted by molar-refractivity contribution is 7.12. The zero-order chi connectivity index (χ0) is 21.8. The van der Waals surface area contributed by atoms with Gasteiger partial charge < -0.3 is 19.9 Å². The smallest absolute Gasteiger partial charge is 0.141 e. The van der Waals surface area contributed by atoms with Gasteiger partial charge in [-0.2, -0.15) is 0 Å². The Morgan fingerprint density at radius 1 is 1.16 bits per heavy atom. The van der Waals surface area contributed by atoms with E-state index in [1.165, 1.54) is 5.56 Å². The number of ether oxygens (including phenoxy) is 1. The molecule has 4 aromatic rings. The Morgan fingerprint density at radius 2 is 1.97 bits per heavy atom. The van der Waals surface area contributed by atoms with Gasteiger partial charge in [-0.25, -0.2) is 9.98 Å². The molecule has 0 amide bonds. The zero-order valence-corrected chi connectivity index (χ0v) is 18.9. The quantitative estimate of drug-likeness (QED) is 0.332. The molecule has 31 heavy (non-hydrogen) atoms. The van der Waals surface area contributed by atoms with Crippen LogP contribution in [0.3, 0.4) is 0 Å². The van der Waals surface area contributed by atoms with E-state index in [0.29, 0.717) is 5.84 Å². The first-order valence-electron chi connectivity index (χ1n) is 10.2. The van der Waals surface area contributed by atoms with Gasteiger partial charge >= 0.3 is 0 Å². The fourth-order valence-corrected chi connectivity index (χ4v) is 4.09. The number of aliphatic imine (C=N–C) groups is 1. The molecule has 0 saturated heterocycles. The maximum Gasteiger partial charge on any atom is 0.141 e. The molecule has 0 aliphatic carbocycles. The van der Waals surface area contributed by atoms with Crippen molar-refractivity contribution in [3.8, 4) is 5.75 Å². The summed E-state index contributed by atoms with van der Waals surface area (Å²) in [5.41, 5.74) is 10.2. The summed E-state index contributed by atoms with van der Waals surface area (Å²) in [6, 6.07) is 18.2. The Bertz CT molecular complexity index is 1180. The molecule has 0 bridgehead atoms. The normalized spacial score (nSPS) is 12.1. The van der Waals surface area contributed by atoms with Crippen molar-refractivity contribution in [3.05, 3.63) is 76.2 Å². The molecule has 0 aliphatic rings. The van der Waals surface area contributed by atoms with Gasteiger partial charge in [0.25, 0.3) is 0 Å². The molecular weight excluding hydrogens is 406 g/mol. The van der Waals surface area contributed by atoms with E-state index in [4.69, 9.17) is 15.5 Å². The molecule has 4 rings (SSSR count). The van der Waals surface area contributed by atoms with Gasteiger partial charge in [0, 0.05) is 19.5 Å². The molecule has 2 aromatic heterocycles. The number of imidazole rings is 1. The van der Waals surface area contributed by atoms with Gasteiger partial charge in [0.05, 0.1) is 28.7 Å². The molecule has 0 atom stereocenters. The largest absolute Gasteiger partial charge is 0.497 e. The summed E-state index contributed by atoms with van der Waals surface area (Å²) >= 11 is 1.58. The Kier molecular flexibility index (Phi) is 6.34. The number of aromatic nitrogens is 2. The van der Waals surface area contributed by atoms with Crippen molar-refractivity contribution in [3.63, 3.8) is 0 Å². The lowest BCUT2D eigenvalue weighted by Gasteiger charge is -2.13. The van der Waals surface area contributed by atoms with Crippen molar-refractivity contribution in [2.75, 3.05) is 27.7 Å². The Morgan fingerprint density at radius 3 is 2.65 bits per heavy atom. The summed E-state index contributed by atoms with van der Waals surface area (Å²) in [6.45, 7) is 1.81. The van der Waals surface area contributed by atoms with Gasteiger partial charge in [-0.1, -0.05) is 18.2 Å². The third-order valence-electron chi connectivity index (χ3n) is 5.13. The molecule has 7 heteroatoms. The molecule has 0 aliphatic heterocycles. The van der Waals surface area contributed by atoms with E-state index in [1.807, 2.05) is 41.8 Å². The fraction of sp³-hybridized carbons (Fsp3) is 0.250. The minimum Gasteiger partial charge on any atom is -0.497 e. The molecule has 0 fully saturated rings. The van der Waals surface area contributed by atoms with E-state index in [-0.39, 0.29) is 0 Å². The molecule has 0 saturated carbocycles. The van der Waals surface area contributed by atoms with Crippen LogP contribution < -0.4 is 10.5 Å². The molecule has 0 spiro atoms. The molecule has 160 valence electrons. The molecular formula is C24H27N5OS. The molecule has 0 radical (unpaired) electrons. The predicted octanol–water partition coefficient (Wildman–Crippen LogP) is 4.30. The van der Waals surface area contributed by atoms with Gasteiger partial charge in [0.2, 0.25) is 0 Å². The molecule has 2 heterocycles. The number of rotatable bonds is 8. The first-order chi connectivity index (χ1) is 15.0. The Hall–Kier alpha value is -3.16. The summed E-state index contributed by atoms with van der Waals surface area (Å²) in [5, 5.41) is 2.00. The van der Waals surface area contributed by atoms with Crippen molar-refractivity contribution >= 4 is 33.9 Å². The second kappa shape index (κ2) is 9.32. The molecule has 6 nitrogen and oxygen atoms in total. The highest BCUT2D eigenvalue weighted by Crippen LogP contribution is 2.25. The minimum absolute atomic E-state index is 0.528. The van der Waals surface area contributed by atoms with Gasteiger partial charge in [0.1, 0.15) is 17.4 Å². The summed E-state index contributed by atoms with van der Waals surface area (Å²) in [6.07, 6.45) is 0.752. The number of likely N-dealkylation sites (N-methyl/N-ethyl adjacent to an activating group) is 1. The van der Waals surface area contributed by atoms with Crippen LogP contribution in [0.4, 0.5) is 5.69 Å². The number of methoxy groups -OCH3 is 1. The van der Waals surface area contributed by atoms with Crippen LogP contribution >= 0.6 is 11.3 Å². The van der Waals surface area contributed by atoms with Crippen LogP contribution in [0.2, 0.25) is 0 Å². The van der Waals surface area contributed by atoms with Crippen molar-refractivity contribution in [1.29, 1.82) is 0 Å². The van der Waals surface area contributed by atoms with Crippen molar-refractivity contribution in [2.24, 2.45) is 10.7 Å². The monoisotopic (exact) mass is 433 g/mol. The number of nitrogens with two attached hydrogens (primary N) is 1. The zero-order valence-electron chi connectivity index (χ0n) is 18.1. The molecule has 2 N–H and O–H groups in total. The lowest BCUT2D eigenvalue weighted by Crippen LogP contribution is -2.19. The topological polar surface area (TPSA) is 68.7 Å². The Labute approximate surface area is 186 Å². The van der Waals surface area contributed by atoms with Gasteiger partial charge in [-0.15, -0.1) is 11.3 Å². The maximum absolute atomic E-state index is 6.18. The van der Waals surface area contributed by atoms with E-state index < -0.39 is 0 Å². The third-order valence-corrected chi connectivity index (χ3v) is 6.02. The van der Waals surface area contributed by atoms with Crippen LogP contribution in [0.15, 0.2) is 65.0 Å². The van der Waals surface area contributed by atoms with Crippen LogP contribution in [-0.2, 0) is 13.0 Å². The average Bonchev–Trinajstić information content (AvgIpc) is 3.41. The molecule has 0 unspecified atom stereocenters. The van der Waals surface area contributed by atoms with Crippen LogP contribution in [0.5, 0.6) is 5.75 Å². The number of benzene rings is 2. The van der Waals surface area contributed by atoms with Crippen LogP contribution in [0.25, 0.3) is 11.0 Å². The van der Waals surface area contributed by atoms with E-state index in [2.05, 4.69) is 46.8 Å². The van der Waals surface area contributed by atoms with Crippen molar-refractivity contribution < 1.29 is 4.74 Å². The highest BCUT2D eigenvalue weighted by atomic mass is 32.1. The van der Waals surface area contributed by atoms with Crippen LogP contribution in [0.1, 0.15) is 16.3 Å². The van der Waals surface area contributed by atoms with Crippen molar-refractivity contribution in [1.82, 2.24) is 14.5 Å². The first-order valence-corrected chi connectivity index (χ1v) is 11.1. The van der Waals surface area contributed by atoms with Gasteiger partial charge in [-0.3, -0.25) is 0 Å². The van der Waals surface area contributed by atoms with Gasteiger partial charge in [-0.05, 0) is 61.4 Å². The van der Waals surface area contributed by atoms with E-state index in [1.54, 1.807) is 18.4 Å². The summed E-state index contributed by atoms with van der Waals surface area (Å²) in [4.78, 5) is 12.7. The maximum atomic E-state index is 6.18. The highest BCUT2D eigenvalue weighted by Gasteiger charge is 2.13. The number of hydrogen-bond acceptors (Lipinski definition) is 5. The minimum atomic E-state index is 0.528. The number of thiophene rings is 1. The third kappa shape index (κ3) is 4.95. The van der Waals surface area contributed by atoms with E-state index in [9.17, 15) is 0 Å². The molecule has 2 aromatic carbocycles. The summed E-state index contributed by atoms with van der Waals surface area (Å²) in [5.74, 6) is 2.42. The SMILES string of the molecule is COc1ccc(Cc2nc3cc(N=C(N)c4cccs4)ccc3n2CCN(C)C)cc1. The number of hydrogen-bond donors (Lipinski definition) is 1. The number of fused-ring (bicyclic) bond motifs is 1. The summed E-state index contributed by atoms with van der Waals surface area (Å²) in [7, 11) is 5.85. The number of nitrogens with zero attached hydrogens (tertiary/aromatic N) is 4. The van der Waals surface area contributed by atoms with Crippen molar-refractivity contribution in [2.45, 2.75) is 13.0 Å². The standard InChI is InChI=1S/C24H27N5OS/c1-28(2)12-13-29-21-11-8-18(26-24(25)22-5-4-14-31-22)16-20(21)27-23(29)15-17-6-9-19(30-3)10-7-17/h4-11,14,16H,12-13,15H2,1-3H3,(H2,25,26). The second-order valence-corrected chi connectivity index (χ2v) is 8.60. The first kappa shape index (κ1) is 21.1. The van der Waals surface area contributed by atoms with Crippen LogP contribution in [-0.4, -0.2) is 48.0 Å². The Balaban J connectivity index is 1.69.